The molecule has 0 aliphatic carbocycles. The lowest BCUT2D eigenvalue weighted by molar-refractivity contribution is 0.112. The first-order valence-corrected chi connectivity index (χ1v) is 12.0. The number of hydrogen-bond donors (Lipinski definition) is 1. The zero-order chi connectivity index (χ0) is 23.2. The minimum atomic E-state index is -0.308. The van der Waals surface area contributed by atoms with E-state index >= 15 is 0 Å². The maximum atomic E-state index is 10.4. The Labute approximate surface area is 191 Å². The minimum absolute atomic E-state index is 0.308. The van der Waals surface area contributed by atoms with Crippen molar-refractivity contribution in [2.24, 2.45) is 5.92 Å². The molecule has 1 aliphatic heterocycles. The largest absolute Gasteiger partial charge is 0.507 e. The van der Waals surface area contributed by atoms with Gasteiger partial charge in [-0.15, -0.1) is 0 Å². The molecule has 1 aromatic carbocycles. The highest BCUT2D eigenvalue weighted by atomic mass is 16.5. The van der Waals surface area contributed by atoms with Crippen LogP contribution in [0.4, 0.5) is 0 Å². The van der Waals surface area contributed by atoms with Crippen LogP contribution in [-0.2, 0) is 6.42 Å². The van der Waals surface area contributed by atoms with E-state index in [2.05, 4.69) is 58.9 Å². The molecule has 0 aromatic heterocycles. The van der Waals surface area contributed by atoms with Crippen molar-refractivity contribution in [3.8, 4) is 11.5 Å². The third-order valence-electron chi connectivity index (χ3n) is 6.76. The predicted octanol–water partition coefficient (Wildman–Crippen LogP) is 8.46. The molecule has 0 fully saturated rings. The molecule has 0 amide bonds. The summed E-state index contributed by atoms with van der Waals surface area (Å²) in [7, 11) is 0. The van der Waals surface area contributed by atoms with Gasteiger partial charge in [0, 0.05) is 5.56 Å². The lowest BCUT2D eigenvalue weighted by Gasteiger charge is -2.36. The van der Waals surface area contributed by atoms with Crippen molar-refractivity contribution in [3.63, 3.8) is 0 Å². The highest BCUT2D eigenvalue weighted by Crippen LogP contribution is 2.43. The third-order valence-corrected chi connectivity index (χ3v) is 6.76. The van der Waals surface area contributed by atoms with Crippen LogP contribution in [0.5, 0.6) is 11.5 Å². The molecule has 0 saturated heterocycles. The zero-order valence-corrected chi connectivity index (χ0v) is 21.2. The van der Waals surface area contributed by atoms with Gasteiger partial charge >= 0.3 is 0 Å². The second-order valence-electron chi connectivity index (χ2n) is 10.2. The smallest absolute Gasteiger partial charge is 0.127 e. The molecule has 2 rings (SSSR count). The van der Waals surface area contributed by atoms with E-state index in [-0.39, 0.29) is 5.60 Å². The first kappa shape index (κ1) is 25.3. The highest BCUT2D eigenvalue weighted by molar-refractivity contribution is 5.58. The summed E-state index contributed by atoms with van der Waals surface area (Å²) in [5.41, 5.74) is 6.72. The average molecular weight is 425 g/mol. The van der Waals surface area contributed by atoms with Crippen LogP contribution in [0.15, 0.2) is 35.5 Å². The maximum Gasteiger partial charge on any atom is 0.127 e. The number of allylic oxidation sites excluding steroid dienone is 5. The molecule has 1 aliphatic rings. The SMILES string of the molecule is C/C(=C\C=C[C@@]1(C)CCc2c(C)c(O)c(C)c(C)c2O1)CC/C=C(\C)CCCC(C)C. The summed E-state index contributed by atoms with van der Waals surface area (Å²) in [5.74, 6) is 2.18. The Morgan fingerprint density at radius 1 is 1.06 bits per heavy atom. The fourth-order valence-corrected chi connectivity index (χ4v) is 4.32. The molecule has 1 atom stereocenters. The summed E-state index contributed by atoms with van der Waals surface area (Å²) < 4.78 is 6.48. The molecular formula is C29H44O2. The Hall–Kier alpha value is -1.96. The molecule has 31 heavy (non-hydrogen) atoms. The molecule has 172 valence electrons. The quantitative estimate of drug-likeness (QED) is 0.318. The van der Waals surface area contributed by atoms with E-state index in [1.807, 2.05) is 20.8 Å². The van der Waals surface area contributed by atoms with Crippen LogP contribution in [0.3, 0.4) is 0 Å². The molecule has 2 nitrogen and oxygen atoms in total. The van der Waals surface area contributed by atoms with E-state index in [4.69, 9.17) is 4.74 Å². The summed E-state index contributed by atoms with van der Waals surface area (Å²) in [5, 5.41) is 10.4. The van der Waals surface area contributed by atoms with Crippen molar-refractivity contribution >= 4 is 0 Å². The lowest BCUT2D eigenvalue weighted by Crippen LogP contribution is -2.35. The first-order valence-electron chi connectivity index (χ1n) is 12.0. The standard InChI is InChI=1S/C29H44O2/c1-20(2)12-9-13-21(3)14-10-15-22(4)16-11-18-29(8)19-17-26-25(7)27(30)23(5)24(6)28(26)31-29/h11,14,16,18,20,30H,9-10,12-13,15,17,19H2,1-8H3/b18-11?,21-14+,22-16+/t29-/m0/s1. The van der Waals surface area contributed by atoms with Gasteiger partial charge in [-0.3, -0.25) is 0 Å². The van der Waals surface area contributed by atoms with Gasteiger partial charge in [0.15, 0.2) is 0 Å². The van der Waals surface area contributed by atoms with E-state index < -0.39 is 0 Å². The highest BCUT2D eigenvalue weighted by Gasteiger charge is 2.32. The molecule has 1 N–H and O–H groups in total. The van der Waals surface area contributed by atoms with E-state index in [1.165, 1.54) is 30.4 Å². The number of hydrogen-bond acceptors (Lipinski definition) is 2. The molecule has 0 unspecified atom stereocenters. The van der Waals surface area contributed by atoms with E-state index in [0.717, 1.165) is 59.6 Å². The van der Waals surface area contributed by atoms with Gasteiger partial charge in [-0.25, -0.2) is 0 Å². The minimum Gasteiger partial charge on any atom is -0.507 e. The van der Waals surface area contributed by atoms with Gasteiger partial charge in [-0.2, -0.15) is 0 Å². The number of aromatic hydroxyl groups is 1. The molecule has 1 heterocycles. The fraction of sp³-hybridized carbons (Fsp3) is 0.586. The number of rotatable bonds is 9. The Morgan fingerprint density at radius 2 is 1.77 bits per heavy atom. The van der Waals surface area contributed by atoms with Crippen LogP contribution in [-0.4, -0.2) is 10.7 Å². The van der Waals surface area contributed by atoms with Crippen LogP contribution in [0.2, 0.25) is 0 Å². The van der Waals surface area contributed by atoms with Crippen LogP contribution in [0, 0.1) is 26.7 Å². The lowest BCUT2D eigenvalue weighted by atomic mass is 9.87. The van der Waals surface area contributed by atoms with Gasteiger partial charge in [-0.05, 0) is 109 Å². The second-order valence-corrected chi connectivity index (χ2v) is 10.2. The van der Waals surface area contributed by atoms with Crippen molar-refractivity contribution in [2.45, 2.75) is 106 Å². The van der Waals surface area contributed by atoms with Gasteiger partial charge in [0.05, 0.1) is 0 Å². The van der Waals surface area contributed by atoms with Crippen LogP contribution < -0.4 is 4.74 Å². The molecular weight excluding hydrogens is 380 g/mol. The third kappa shape index (κ3) is 7.02. The number of phenolic OH excluding ortho intramolecular Hbond substituents is 1. The van der Waals surface area contributed by atoms with Gasteiger partial charge in [0.25, 0.3) is 0 Å². The van der Waals surface area contributed by atoms with Crippen LogP contribution in [0.25, 0.3) is 0 Å². The summed E-state index contributed by atoms with van der Waals surface area (Å²) >= 11 is 0. The van der Waals surface area contributed by atoms with E-state index in [1.54, 1.807) is 0 Å². The Bertz CT molecular complexity index is 854. The molecule has 0 radical (unpaired) electrons. The second kappa shape index (κ2) is 11.1. The number of ether oxygens (including phenoxy) is 1. The monoisotopic (exact) mass is 424 g/mol. The number of benzene rings is 1. The molecule has 0 bridgehead atoms. The maximum absolute atomic E-state index is 10.4. The fourth-order valence-electron chi connectivity index (χ4n) is 4.32. The normalized spacial score (nSPS) is 19.8. The van der Waals surface area contributed by atoms with Crippen molar-refractivity contribution in [1.82, 2.24) is 0 Å². The van der Waals surface area contributed by atoms with E-state index in [9.17, 15) is 5.11 Å². The molecule has 1 aromatic rings. The van der Waals surface area contributed by atoms with Crippen molar-refractivity contribution in [3.05, 3.63) is 57.7 Å². The van der Waals surface area contributed by atoms with Crippen molar-refractivity contribution in [1.29, 1.82) is 0 Å². The van der Waals surface area contributed by atoms with Gasteiger partial charge in [0.2, 0.25) is 0 Å². The first-order chi connectivity index (χ1) is 14.5. The molecule has 0 spiro atoms. The van der Waals surface area contributed by atoms with Crippen molar-refractivity contribution < 1.29 is 9.84 Å². The number of phenols is 1. The van der Waals surface area contributed by atoms with Crippen molar-refractivity contribution in [2.75, 3.05) is 0 Å². The van der Waals surface area contributed by atoms with Crippen LogP contribution >= 0.6 is 0 Å². The van der Waals surface area contributed by atoms with E-state index in [0.29, 0.717) is 5.75 Å². The average Bonchev–Trinajstić information content (AvgIpc) is 2.70. The number of fused-ring (bicyclic) bond motifs is 1. The van der Waals surface area contributed by atoms with Gasteiger partial charge in [0.1, 0.15) is 17.1 Å². The summed E-state index contributed by atoms with van der Waals surface area (Å²) in [6.07, 6.45) is 16.9. The molecule has 2 heteroatoms. The summed E-state index contributed by atoms with van der Waals surface area (Å²) in [4.78, 5) is 0. The summed E-state index contributed by atoms with van der Waals surface area (Å²) in [6, 6.07) is 0. The Balaban J connectivity index is 1.94. The zero-order valence-electron chi connectivity index (χ0n) is 21.2. The van der Waals surface area contributed by atoms with Gasteiger partial charge in [-0.1, -0.05) is 49.6 Å². The Kier molecular flexibility index (Phi) is 9.03. The van der Waals surface area contributed by atoms with Crippen LogP contribution in [0.1, 0.15) is 95.4 Å². The Morgan fingerprint density at radius 3 is 2.45 bits per heavy atom. The molecule has 0 saturated carbocycles. The van der Waals surface area contributed by atoms with Gasteiger partial charge < -0.3 is 9.84 Å². The topological polar surface area (TPSA) is 29.5 Å². The summed E-state index contributed by atoms with van der Waals surface area (Å²) in [6.45, 7) is 17.2. The predicted molar refractivity (Wildman–Crippen MR) is 134 cm³/mol.